The molecular weight excluding hydrogens is 285 g/mol. The molecule has 0 spiro atoms. The molecule has 1 nitrogen and oxygen atoms in total. The Morgan fingerprint density at radius 3 is 2.39 bits per heavy atom. The molecule has 4 heteroatoms. The van der Waals surface area contributed by atoms with Crippen molar-refractivity contribution >= 4 is 46.7 Å². The van der Waals surface area contributed by atoms with Gasteiger partial charge in [0, 0.05) is 27.3 Å². The van der Waals surface area contributed by atoms with E-state index in [9.17, 15) is 0 Å². The standard InChI is InChI=1S/C14H15Cl2NS/c1-14(2,3)12-4-8(7-18)10-5-9(15)6-11(16)13(10)17-12/h4-6,18H,7H2,1-3H3. The topological polar surface area (TPSA) is 12.9 Å². The second-order valence-corrected chi connectivity index (χ2v) is 6.52. The lowest BCUT2D eigenvalue weighted by Crippen LogP contribution is -2.14. The molecule has 1 heterocycles. The highest BCUT2D eigenvalue weighted by molar-refractivity contribution is 7.79. The predicted octanol–water partition coefficient (Wildman–Crippen LogP) is 5.27. The van der Waals surface area contributed by atoms with Gasteiger partial charge < -0.3 is 0 Å². The Labute approximate surface area is 123 Å². The Morgan fingerprint density at radius 1 is 1.17 bits per heavy atom. The molecule has 0 aliphatic heterocycles. The molecular formula is C14H15Cl2NS. The zero-order valence-corrected chi connectivity index (χ0v) is 13.0. The third-order valence-corrected chi connectivity index (χ3v) is 3.70. The van der Waals surface area contributed by atoms with Crippen LogP contribution in [0.1, 0.15) is 32.0 Å². The highest BCUT2D eigenvalue weighted by Crippen LogP contribution is 2.32. The zero-order chi connectivity index (χ0) is 13.5. The molecule has 2 rings (SSSR count). The lowest BCUT2D eigenvalue weighted by atomic mass is 9.90. The molecule has 96 valence electrons. The van der Waals surface area contributed by atoms with Crippen molar-refractivity contribution in [2.45, 2.75) is 31.9 Å². The Morgan fingerprint density at radius 2 is 1.83 bits per heavy atom. The number of hydrogen-bond acceptors (Lipinski definition) is 2. The van der Waals surface area contributed by atoms with E-state index in [0.29, 0.717) is 15.8 Å². The van der Waals surface area contributed by atoms with Gasteiger partial charge in [-0.05, 0) is 23.8 Å². The van der Waals surface area contributed by atoms with Crippen LogP contribution in [0, 0.1) is 0 Å². The molecule has 1 aromatic carbocycles. The van der Waals surface area contributed by atoms with Crippen LogP contribution in [0.25, 0.3) is 10.9 Å². The van der Waals surface area contributed by atoms with Gasteiger partial charge in [0.1, 0.15) is 0 Å². The van der Waals surface area contributed by atoms with Crippen molar-refractivity contribution in [1.82, 2.24) is 4.98 Å². The van der Waals surface area contributed by atoms with Crippen LogP contribution in [0.5, 0.6) is 0 Å². The van der Waals surface area contributed by atoms with Crippen molar-refractivity contribution in [3.63, 3.8) is 0 Å². The molecule has 0 unspecified atom stereocenters. The van der Waals surface area contributed by atoms with Crippen molar-refractivity contribution in [3.05, 3.63) is 39.5 Å². The van der Waals surface area contributed by atoms with E-state index in [4.69, 9.17) is 23.2 Å². The van der Waals surface area contributed by atoms with Crippen LogP contribution in [0.2, 0.25) is 10.0 Å². The summed E-state index contributed by atoms with van der Waals surface area (Å²) in [5.74, 6) is 0.638. The Hall–Kier alpha value is -0.440. The summed E-state index contributed by atoms with van der Waals surface area (Å²) in [6.07, 6.45) is 0. The molecule has 0 saturated heterocycles. The predicted molar refractivity (Wildman–Crippen MR) is 83.2 cm³/mol. The molecule has 0 aliphatic rings. The summed E-state index contributed by atoms with van der Waals surface area (Å²) in [6.45, 7) is 6.40. The zero-order valence-electron chi connectivity index (χ0n) is 10.6. The van der Waals surface area contributed by atoms with Gasteiger partial charge in [-0.15, -0.1) is 0 Å². The van der Waals surface area contributed by atoms with Gasteiger partial charge in [0.15, 0.2) is 0 Å². The van der Waals surface area contributed by atoms with Gasteiger partial charge in [0.25, 0.3) is 0 Å². The van der Waals surface area contributed by atoms with Gasteiger partial charge in [0.05, 0.1) is 10.5 Å². The maximum absolute atomic E-state index is 6.24. The second-order valence-electron chi connectivity index (χ2n) is 5.36. The number of benzene rings is 1. The van der Waals surface area contributed by atoms with Gasteiger partial charge in [-0.2, -0.15) is 12.6 Å². The molecule has 2 aromatic rings. The monoisotopic (exact) mass is 299 g/mol. The smallest absolute Gasteiger partial charge is 0.0895 e. The third kappa shape index (κ3) is 2.61. The molecule has 0 radical (unpaired) electrons. The number of fused-ring (bicyclic) bond motifs is 1. The maximum Gasteiger partial charge on any atom is 0.0895 e. The van der Waals surface area contributed by atoms with Crippen molar-refractivity contribution in [2.24, 2.45) is 0 Å². The quantitative estimate of drug-likeness (QED) is 0.708. The number of nitrogens with zero attached hydrogens (tertiary/aromatic N) is 1. The van der Waals surface area contributed by atoms with Crippen LogP contribution >= 0.6 is 35.8 Å². The Bertz CT molecular complexity index is 603. The van der Waals surface area contributed by atoms with Gasteiger partial charge >= 0.3 is 0 Å². The summed E-state index contributed by atoms with van der Waals surface area (Å²) < 4.78 is 0. The van der Waals surface area contributed by atoms with Crippen LogP contribution < -0.4 is 0 Å². The second kappa shape index (κ2) is 4.92. The molecule has 0 bridgehead atoms. The Balaban J connectivity index is 2.84. The number of aromatic nitrogens is 1. The Kier molecular flexibility index (Phi) is 3.82. The summed E-state index contributed by atoms with van der Waals surface area (Å²) in [6, 6.07) is 5.71. The van der Waals surface area contributed by atoms with Gasteiger partial charge in [-0.25, -0.2) is 0 Å². The van der Waals surface area contributed by atoms with Crippen molar-refractivity contribution in [3.8, 4) is 0 Å². The van der Waals surface area contributed by atoms with E-state index >= 15 is 0 Å². The minimum absolute atomic E-state index is 0.0190. The minimum Gasteiger partial charge on any atom is -0.251 e. The third-order valence-electron chi connectivity index (χ3n) is 2.86. The maximum atomic E-state index is 6.24. The fraction of sp³-hybridized carbons (Fsp3) is 0.357. The van der Waals surface area contributed by atoms with Crippen molar-refractivity contribution < 1.29 is 0 Å². The summed E-state index contributed by atoms with van der Waals surface area (Å²) in [7, 11) is 0. The summed E-state index contributed by atoms with van der Waals surface area (Å²) in [5.41, 5.74) is 2.91. The number of hydrogen-bond donors (Lipinski definition) is 1. The van der Waals surface area contributed by atoms with Crippen LogP contribution in [-0.2, 0) is 11.2 Å². The van der Waals surface area contributed by atoms with Crippen molar-refractivity contribution in [2.75, 3.05) is 0 Å². The van der Waals surface area contributed by atoms with Crippen molar-refractivity contribution in [1.29, 1.82) is 0 Å². The van der Waals surface area contributed by atoms with E-state index in [1.54, 1.807) is 6.07 Å². The average Bonchev–Trinajstić information content (AvgIpc) is 2.26. The van der Waals surface area contributed by atoms with E-state index in [1.807, 2.05) is 6.07 Å². The first kappa shape index (κ1) is 14.0. The summed E-state index contributed by atoms with van der Waals surface area (Å²) in [4.78, 5) is 4.67. The van der Waals surface area contributed by atoms with E-state index in [0.717, 1.165) is 22.2 Å². The van der Waals surface area contributed by atoms with Gasteiger partial charge in [-0.3, -0.25) is 4.98 Å². The fourth-order valence-electron chi connectivity index (χ4n) is 1.83. The van der Waals surface area contributed by atoms with E-state index in [1.165, 1.54) is 0 Å². The number of thiol groups is 1. The van der Waals surface area contributed by atoms with E-state index in [2.05, 4.69) is 44.5 Å². The fourth-order valence-corrected chi connectivity index (χ4v) is 2.63. The molecule has 18 heavy (non-hydrogen) atoms. The van der Waals surface area contributed by atoms with Crippen LogP contribution in [0.15, 0.2) is 18.2 Å². The first-order valence-electron chi connectivity index (χ1n) is 5.73. The number of pyridine rings is 1. The summed E-state index contributed by atoms with van der Waals surface area (Å²) in [5, 5.41) is 2.20. The van der Waals surface area contributed by atoms with E-state index < -0.39 is 0 Å². The first-order chi connectivity index (χ1) is 8.32. The molecule has 0 atom stereocenters. The normalized spacial score (nSPS) is 12.1. The molecule has 0 N–H and O–H groups in total. The van der Waals surface area contributed by atoms with E-state index in [-0.39, 0.29) is 5.41 Å². The SMILES string of the molecule is CC(C)(C)c1cc(CS)c2cc(Cl)cc(Cl)c2n1. The van der Waals surface area contributed by atoms with Crippen LogP contribution in [-0.4, -0.2) is 4.98 Å². The van der Waals surface area contributed by atoms with Crippen LogP contribution in [0.3, 0.4) is 0 Å². The molecule has 0 amide bonds. The number of halogens is 2. The van der Waals surface area contributed by atoms with Crippen LogP contribution in [0.4, 0.5) is 0 Å². The van der Waals surface area contributed by atoms with Gasteiger partial charge in [0.2, 0.25) is 0 Å². The lowest BCUT2D eigenvalue weighted by Gasteiger charge is -2.20. The number of rotatable bonds is 1. The van der Waals surface area contributed by atoms with Gasteiger partial charge in [-0.1, -0.05) is 44.0 Å². The summed E-state index contributed by atoms with van der Waals surface area (Å²) >= 11 is 16.7. The lowest BCUT2D eigenvalue weighted by molar-refractivity contribution is 0.571. The molecule has 0 saturated carbocycles. The molecule has 0 aliphatic carbocycles. The average molecular weight is 300 g/mol. The highest BCUT2D eigenvalue weighted by Gasteiger charge is 2.18. The minimum atomic E-state index is -0.0190. The highest BCUT2D eigenvalue weighted by atomic mass is 35.5. The molecule has 1 aromatic heterocycles. The largest absolute Gasteiger partial charge is 0.251 e. The molecule has 0 fully saturated rings. The first-order valence-corrected chi connectivity index (χ1v) is 7.12.